The van der Waals surface area contributed by atoms with Crippen molar-refractivity contribution in [2.75, 3.05) is 13.1 Å². The molecule has 2 atom stereocenters. The molecular weight excluding hydrogens is 232 g/mol. The molecule has 0 aromatic rings. The second-order valence-corrected chi connectivity index (χ2v) is 5.56. The van der Waals surface area contributed by atoms with Crippen molar-refractivity contribution in [1.82, 2.24) is 10.2 Å². The van der Waals surface area contributed by atoms with Crippen LogP contribution in [0.15, 0.2) is 0 Å². The van der Waals surface area contributed by atoms with Crippen LogP contribution in [0.1, 0.15) is 40.5 Å². The van der Waals surface area contributed by atoms with Gasteiger partial charge in [-0.1, -0.05) is 13.8 Å². The van der Waals surface area contributed by atoms with E-state index in [9.17, 15) is 14.7 Å². The number of amides is 1. The minimum atomic E-state index is -0.900. The van der Waals surface area contributed by atoms with Crippen LogP contribution in [0.5, 0.6) is 0 Å². The molecule has 1 amide bonds. The molecule has 1 heterocycles. The smallest absolute Gasteiger partial charge is 0.326 e. The summed E-state index contributed by atoms with van der Waals surface area (Å²) in [6.45, 7) is 8.66. The number of carboxylic acids is 1. The molecule has 5 nitrogen and oxygen atoms in total. The molecule has 0 radical (unpaired) electrons. The van der Waals surface area contributed by atoms with Crippen LogP contribution in [-0.2, 0) is 9.59 Å². The van der Waals surface area contributed by atoms with Gasteiger partial charge in [-0.05, 0) is 39.2 Å². The first kappa shape index (κ1) is 15.0. The number of carbonyl (C=O) groups excluding carboxylic acids is 1. The monoisotopic (exact) mass is 256 g/mol. The number of likely N-dealkylation sites (tertiary alicyclic amines) is 1. The molecule has 0 aromatic carbocycles. The van der Waals surface area contributed by atoms with Crippen LogP contribution >= 0.6 is 0 Å². The standard InChI is InChI=1S/C13H24N2O3/c1-5-14-13(3,4)12(18)15-8-6-7-9(2)10(15)11(16)17/h9-10,14H,5-8H2,1-4H3,(H,16,17). The summed E-state index contributed by atoms with van der Waals surface area (Å²) in [6.07, 6.45) is 1.74. The highest BCUT2D eigenvalue weighted by Crippen LogP contribution is 2.25. The quantitative estimate of drug-likeness (QED) is 0.790. The predicted octanol–water partition coefficient (Wildman–Crippen LogP) is 1.09. The zero-order chi connectivity index (χ0) is 13.9. The Kier molecular flexibility index (Phi) is 4.73. The highest BCUT2D eigenvalue weighted by Gasteiger charge is 2.41. The summed E-state index contributed by atoms with van der Waals surface area (Å²) in [7, 11) is 0. The number of likely N-dealkylation sites (N-methyl/N-ethyl adjacent to an activating group) is 1. The van der Waals surface area contributed by atoms with Crippen LogP contribution in [0.2, 0.25) is 0 Å². The van der Waals surface area contributed by atoms with Crippen LogP contribution in [0.25, 0.3) is 0 Å². The van der Waals surface area contributed by atoms with E-state index in [4.69, 9.17) is 0 Å². The number of carbonyl (C=O) groups is 2. The van der Waals surface area contributed by atoms with E-state index in [0.29, 0.717) is 13.1 Å². The van der Waals surface area contributed by atoms with Crippen molar-refractivity contribution in [3.8, 4) is 0 Å². The molecule has 0 bridgehead atoms. The van der Waals surface area contributed by atoms with Gasteiger partial charge in [0.05, 0.1) is 5.54 Å². The Morgan fingerprint density at radius 3 is 2.56 bits per heavy atom. The largest absolute Gasteiger partial charge is 0.480 e. The Labute approximate surface area is 109 Å². The summed E-state index contributed by atoms with van der Waals surface area (Å²) >= 11 is 0. The van der Waals surface area contributed by atoms with Gasteiger partial charge in [0, 0.05) is 6.54 Å². The molecule has 2 unspecified atom stereocenters. The maximum absolute atomic E-state index is 12.5. The maximum atomic E-state index is 12.5. The third-order valence-corrected chi connectivity index (χ3v) is 3.60. The number of aliphatic carboxylic acids is 1. The van der Waals surface area contributed by atoms with Crippen molar-refractivity contribution in [2.45, 2.75) is 52.1 Å². The number of nitrogens with zero attached hydrogens (tertiary/aromatic N) is 1. The maximum Gasteiger partial charge on any atom is 0.326 e. The number of carboxylic acid groups (broad SMARTS) is 1. The highest BCUT2D eigenvalue weighted by molar-refractivity contribution is 5.89. The third-order valence-electron chi connectivity index (χ3n) is 3.60. The molecule has 0 aromatic heterocycles. The lowest BCUT2D eigenvalue weighted by molar-refractivity contribution is -0.157. The van der Waals surface area contributed by atoms with E-state index in [-0.39, 0.29) is 11.8 Å². The second-order valence-electron chi connectivity index (χ2n) is 5.56. The minimum absolute atomic E-state index is 0.0117. The van der Waals surface area contributed by atoms with E-state index in [2.05, 4.69) is 5.32 Å². The average molecular weight is 256 g/mol. The summed E-state index contributed by atoms with van der Waals surface area (Å²) in [6, 6.07) is -0.691. The first-order chi connectivity index (χ1) is 8.31. The van der Waals surface area contributed by atoms with Crippen LogP contribution < -0.4 is 5.32 Å². The molecule has 18 heavy (non-hydrogen) atoms. The first-order valence-corrected chi connectivity index (χ1v) is 6.60. The molecule has 5 heteroatoms. The van der Waals surface area contributed by atoms with Crippen LogP contribution in [0, 0.1) is 5.92 Å². The van der Waals surface area contributed by atoms with Gasteiger partial charge in [-0.2, -0.15) is 0 Å². The fraction of sp³-hybridized carbons (Fsp3) is 0.846. The molecular formula is C13H24N2O3. The zero-order valence-corrected chi connectivity index (χ0v) is 11.7. The molecule has 1 saturated heterocycles. The molecule has 0 spiro atoms. The van der Waals surface area contributed by atoms with Gasteiger partial charge in [0.15, 0.2) is 0 Å². The van der Waals surface area contributed by atoms with Crippen LogP contribution in [0.3, 0.4) is 0 Å². The van der Waals surface area contributed by atoms with Crippen molar-refractivity contribution < 1.29 is 14.7 Å². The molecule has 0 saturated carbocycles. The predicted molar refractivity (Wildman–Crippen MR) is 69.3 cm³/mol. The Bertz CT molecular complexity index is 328. The van der Waals surface area contributed by atoms with Gasteiger partial charge in [0.25, 0.3) is 0 Å². The van der Waals surface area contributed by atoms with Crippen molar-refractivity contribution in [3.63, 3.8) is 0 Å². The molecule has 2 N–H and O–H groups in total. The van der Waals surface area contributed by atoms with Gasteiger partial charge >= 0.3 is 5.97 Å². The third kappa shape index (κ3) is 3.02. The minimum Gasteiger partial charge on any atom is -0.480 e. The number of nitrogens with one attached hydrogen (secondary N) is 1. The average Bonchev–Trinajstić information content (AvgIpc) is 2.27. The Hall–Kier alpha value is -1.10. The molecule has 104 valence electrons. The fourth-order valence-corrected chi connectivity index (χ4v) is 2.67. The SMILES string of the molecule is CCNC(C)(C)C(=O)N1CCCC(C)C1C(=O)O. The number of hydrogen-bond acceptors (Lipinski definition) is 3. The summed E-state index contributed by atoms with van der Waals surface area (Å²) < 4.78 is 0. The van der Waals surface area contributed by atoms with Gasteiger partial charge in [-0.3, -0.25) is 4.79 Å². The van der Waals surface area contributed by atoms with E-state index < -0.39 is 17.6 Å². The first-order valence-electron chi connectivity index (χ1n) is 6.60. The normalized spacial score (nSPS) is 25.0. The lowest BCUT2D eigenvalue weighted by atomic mass is 9.89. The van der Waals surface area contributed by atoms with Crippen molar-refractivity contribution in [3.05, 3.63) is 0 Å². The summed E-state index contributed by atoms with van der Waals surface area (Å²) in [5, 5.41) is 12.4. The van der Waals surface area contributed by atoms with Gasteiger partial charge in [0.1, 0.15) is 6.04 Å². The fourth-order valence-electron chi connectivity index (χ4n) is 2.67. The Morgan fingerprint density at radius 1 is 1.44 bits per heavy atom. The van der Waals surface area contributed by atoms with Gasteiger partial charge < -0.3 is 15.3 Å². The van der Waals surface area contributed by atoms with E-state index >= 15 is 0 Å². The van der Waals surface area contributed by atoms with E-state index in [0.717, 1.165) is 12.8 Å². The topological polar surface area (TPSA) is 69.6 Å². The van der Waals surface area contributed by atoms with Crippen molar-refractivity contribution in [1.29, 1.82) is 0 Å². The van der Waals surface area contributed by atoms with Crippen molar-refractivity contribution in [2.24, 2.45) is 5.92 Å². The molecule has 1 aliphatic heterocycles. The van der Waals surface area contributed by atoms with Crippen LogP contribution in [0.4, 0.5) is 0 Å². The Morgan fingerprint density at radius 2 is 2.06 bits per heavy atom. The van der Waals surface area contributed by atoms with Crippen LogP contribution in [-0.4, -0.2) is 46.6 Å². The number of hydrogen-bond donors (Lipinski definition) is 2. The second kappa shape index (κ2) is 5.69. The lowest BCUT2D eigenvalue weighted by Gasteiger charge is -2.41. The molecule has 1 aliphatic rings. The molecule has 1 rings (SSSR count). The van der Waals surface area contributed by atoms with Gasteiger partial charge in [-0.25, -0.2) is 4.79 Å². The van der Waals surface area contributed by atoms with E-state index in [1.54, 1.807) is 13.8 Å². The van der Waals surface area contributed by atoms with E-state index in [1.165, 1.54) is 4.90 Å². The highest BCUT2D eigenvalue weighted by atomic mass is 16.4. The number of piperidine rings is 1. The lowest BCUT2D eigenvalue weighted by Crippen LogP contribution is -2.61. The molecule has 1 fully saturated rings. The summed E-state index contributed by atoms with van der Waals surface area (Å²) in [4.78, 5) is 25.3. The van der Waals surface area contributed by atoms with Gasteiger partial charge in [0.2, 0.25) is 5.91 Å². The number of rotatable bonds is 4. The van der Waals surface area contributed by atoms with Crippen molar-refractivity contribution >= 4 is 11.9 Å². The summed E-state index contributed by atoms with van der Waals surface area (Å²) in [5.41, 5.74) is -0.709. The molecule has 0 aliphatic carbocycles. The van der Waals surface area contributed by atoms with E-state index in [1.807, 2.05) is 13.8 Å². The Balaban J connectivity index is 2.91. The zero-order valence-electron chi connectivity index (χ0n) is 11.7. The summed E-state index contributed by atoms with van der Waals surface area (Å²) in [5.74, 6) is -1.01. The van der Waals surface area contributed by atoms with Gasteiger partial charge in [-0.15, -0.1) is 0 Å².